The normalized spacial score (nSPS) is 22.5. The monoisotopic (exact) mass is 214 g/mol. The Bertz CT molecular complexity index is 205. The van der Waals surface area contributed by atoms with Crippen LogP contribution in [0.2, 0.25) is 0 Å². The summed E-state index contributed by atoms with van der Waals surface area (Å²) >= 11 is 0. The second-order valence-corrected chi connectivity index (χ2v) is 4.06. The Balaban J connectivity index is 2.34. The van der Waals surface area contributed by atoms with Crippen LogP contribution in [0.25, 0.3) is 0 Å². The molecule has 1 aliphatic heterocycles. The van der Waals surface area contributed by atoms with E-state index in [0.29, 0.717) is 0 Å². The largest absolute Gasteiger partial charge is 0.480 e. The Morgan fingerprint density at radius 1 is 1.47 bits per heavy atom. The van der Waals surface area contributed by atoms with Crippen LogP contribution in [0.15, 0.2) is 0 Å². The highest BCUT2D eigenvalue weighted by atomic mass is 16.4. The molecule has 0 aromatic heterocycles. The lowest BCUT2D eigenvalue weighted by Crippen LogP contribution is -2.41. The summed E-state index contributed by atoms with van der Waals surface area (Å²) in [5, 5.41) is 9.01. The van der Waals surface area contributed by atoms with E-state index in [1.165, 1.54) is 0 Å². The summed E-state index contributed by atoms with van der Waals surface area (Å²) in [5.74, 6) is -0.660. The summed E-state index contributed by atoms with van der Waals surface area (Å²) in [4.78, 5) is 15.4. The maximum absolute atomic E-state index is 10.9. The van der Waals surface area contributed by atoms with Crippen molar-refractivity contribution in [3.8, 4) is 0 Å². The molecule has 0 aromatic rings. The topological polar surface area (TPSA) is 43.8 Å². The summed E-state index contributed by atoms with van der Waals surface area (Å²) < 4.78 is 0. The van der Waals surface area contributed by atoms with E-state index in [9.17, 15) is 4.79 Å². The highest BCUT2D eigenvalue weighted by Gasteiger charge is 2.29. The van der Waals surface area contributed by atoms with Gasteiger partial charge in [0.25, 0.3) is 0 Å². The van der Waals surface area contributed by atoms with Crippen molar-refractivity contribution in [1.29, 1.82) is 0 Å². The Morgan fingerprint density at radius 2 is 2.13 bits per heavy atom. The standard InChI is InChI=1S/C11H22N2O2/c1-3-12(4-2)8-9-13-7-5-6-10(13)11(14)15/h10H,3-9H2,1-2H3,(H,14,15). The van der Waals surface area contributed by atoms with Crippen LogP contribution in [0.1, 0.15) is 26.7 Å². The summed E-state index contributed by atoms with van der Waals surface area (Å²) in [6.45, 7) is 9.18. The molecule has 1 fully saturated rings. The van der Waals surface area contributed by atoms with Crippen LogP contribution in [0.3, 0.4) is 0 Å². The minimum absolute atomic E-state index is 0.236. The van der Waals surface area contributed by atoms with Gasteiger partial charge in [-0.15, -0.1) is 0 Å². The van der Waals surface area contributed by atoms with E-state index in [4.69, 9.17) is 5.11 Å². The smallest absolute Gasteiger partial charge is 0.320 e. The van der Waals surface area contributed by atoms with Crippen molar-refractivity contribution in [3.05, 3.63) is 0 Å². The Kier molecular flexibility index (Phi) is 5.05. The molecule has 4 heteroatoms. The lowest BCUT2D eigenvalue weighted by atomic mass is 10.2. The van der Waals surface area contributed by atoms with E-state index in [1.54, 1.807) is 0 Å². The molecule has 1 rings (SSSR count). The second kappa shape index (κ2) is 6.08. The molecular weight excluding hydrogens is 192 g/mol. The van der Waals surface area contributed by atoms with Crippen LogP contribution in [0.5, 0.6) is 0 Å². The SMILES string of the molecule is CCN(CC)CCN1CCCC1C(=O)O. The molecule has 0 bridgehead atoms. The minimum atomic E-state index is -0.660. The van der Waals surface area contributed by atoms with Crippen LogP contribution in [0, 0.1) is 0 Å². The molecule has 0 saturated carbocycles. The third kappa shape index (κ3) is 3.47. The van der Waals surface area contributed by atoms with Crippen molar-refractivity contribution in [2.24, 2.45) is 0 Å². The predicted molar refractivity (Wildman–Crippen MR) is 60.0 cm³/mol. The number of rotatable bonds is 6. The zero-order valence-corrected chi connectivity index (χ0v) is 9.78. The van der Waals surface area contributed by atoms with Gasteiger partial charge in [0, 0.05) is 13.1 Å². The van der Waals surface area contributed by atoms with E-state index in [0.717, 1.165) is 45.6 Å². The molecule has 0 spiro atoms. The van der Waals surface area contributed by atoms with Gasteiger partial charge in [0.05, 0.1) is 0 Å². The molecule has 1 N–H and O–H groups in total. The lowest BCUT2D eigenvalue weighted by Gasteiger charge is -2.25. The molecule has 15 heavy (non-hydrogen) atoms. The summed E-state index contributed by atoms with van der Waals surface area (Å²) in [5.41, 5.74) is 0. The summed E-state index contributed by atoms with van der Waals surface area (Å²) in [6.07, 6.45) is 1.84. The third-order valence-electron chi connectivity index (χ3n) is 3.25. The van der Waals surface area contributed by atoms with Crippen LogP contribution in [-0.4, -0.2) is 59.6 Å². The van der Waals surface area contributed by atoms with Crippen molar-refractivity contribution >= 4 is 5.97 Å². The van der Waals surface area contributed by atoms with Gasteiger partial charge in [0.1, 0.15) is 6.04 Å². The van der Waals surface area contributed by atoms with Gasteiger partial charge >= 0.3 is 5.97 Å². The number of carboxylic acid groups (broad SMARTS) is 1. The molecule has 1 atom stereocenters. The summed E-state index contributed by atoms with van der Waals surface area (Å²) in [6, 6.07) is -0.236. The number of aliphatic carboxylic acids is 1. The molecule has 1 unspecified atom stereocenters. The van der Waals surface area contributed by atoms with Crippen molar-refractivity contribution in [1.82, 2.24) is 9.80 Å². The molecule has 0 aromatic carbocycles. The fraction of sp³-hybridized carbons (Fsp3) is 0.909. The first-order valence-electron chi connectivity index (χ1n) is 5.88. The fourth-order valence-electron chi connectivity index (χ4n) is 2.18. The number of nitrogens with zero attached hydrogens (tertiary/aromatic N) is 2. The predicted octanol–water partition coefficient (Wildman–Crippen LogP) is 0.877. The zero-order valence-electron chi connectivity index (χ0n) is 9.78. The van der Waals surface area contributed by atoms with Crippen molar-refractivity contribution in [2.75, 3.05) is 32.7 Å². The van der Waals surface area contributed by atoms with Gasteiger partial charge in [0.2, 0.25) is 0 Å². The van der Waals surface area contributed by atoms with Gasteiger partial charge in [-0.05, 0) is 32.5 Å². The molecule has 1 heterocycles. The van der Waals surface area contributed by atoms with Gasteiger partial charge in [0.15, 0.2) is 0 Å². The first-order valence-corrected chi connectivity index (χ1v) is 5.88. The zero-order chi connectivity index (χ0) is 11.3. The molecule has 0 aliphatic carbocycles. The molecule has 1 aliphatic rings. The number of likely N-dealkylation sites (tertiary alicyclic amines) is 1. The highest BCUT2D eigenvalue weighted by Crippen LogP contribution is 2.16. The second-order valence-electron chi connectivity index (χ2n) is 4.06. The van der Waals surface area contributed by atoms with E-state index in [-0.39, 0.29) is 6.04 Å². The molecular formula is C11H22N2O2. The van der Waals surface area contributed by atoms with Gasteiger partial charge in [-0.3, -0.25) is 9.69 Å². The van der Waals surface area contributed by atoms with Crippen LogP contribution < -0.4 is 0 Å². The Labute approximate surface area is 91.9 Å². The average molecular weight is 214 g/mol. The summed E-state index contributed by atoms with van der Waals surface area (Å²) in [7, 11) is 0. The van der Waals surface area contributed by atoms with E-state index >= 15 is 0 Å². The van der Waals surface area contributed by atoms with Crippen molar-refractivity contribution in [3.63, 3.8) is 0 Å². The maximum Gasteiger partial charge on any atom is 0.320 e. The van der Waals surface area contributed by atoms with E-state index < -0.39 is 5.97 Å². The number of hydrogen-bond acceptors (Lipinski definition) is 3. The number of likely N-dealkylation sites (N-methyl/N-ethyl adjacent to an activating group) is 1. The average Bonchev–Trinajstić information content (AvgIpc) is 2.67. The molecule has 0 amide bonds. The number of carboxylic acids is 1. The number of hydrogen-bond donors (Lipinski definition) is 1. The fourth-order valence-corrected chi connectivity index (χ4v) is 2.18. The van der Waals surface area contributed by atoms with Crippen LogP contribution >= 0.6 is 0 Å². The molecule has 88 valence electrons. The Morgan fingerprint density at radius 3 is 2.67 bits per heavy atom. The van der Waals surface area contributed by atoms with Crippen LogP contribution in [-0.2, 0) is 4.79 Å². The van der Waals surface area contributed by atoms with Gasteiger partial charge < -0.3 is 10.0 Å². The minimum Gasteiger partial charge on any atom is -0.480 e. The maximum atomic E-state index is 10.9. The van der Waals surface area contributed by atoms with Gasteiger partial charge in [-0.1, -0.05) is 13.8 Å². The highest BCUT2D eigenvalue weighted by molar-refractivity contribution is 5.73. The molecule has 1 saturated heterocycles. The first-order chi connectivity index (χ1) is 7.19. The first kappa shape index (κ1) is 12.5. The van der Waals surface area contributed by atoms with Gasteiger partial charge in [-0.2, -0.15) is 0 Å². The quantitative estimate of drug-likeness (QED) is 0.713. The van der Waals surface area contributed by atoms with Crippen molar-refractivity contribution < 1.29 is 9.90 Å². The number of carbonyl (C=O) groups is 1. The van der Waals surface area contributed by atoms with E-state index in [2.05, 4.69) is 23.6 Å². The van der Waals surface area contributed by atoms with Gasteiger partial charge in [-0.25, -0.2) is 0 Å². The molecule has 0 radical (unpaired) electrons. The Hall–Kier alpha value is -0.610. The van der Waals surface area contributed by atoms with E-state index in [1.807, 2.05) is 0 Å². The molecule has 4 nitrogen and oxygen atoms in total. The lowest BCUT2D eigenvalue weighted by molar-refractivity contribution is -0.142. The third-order valence-corrected chi connectivity index (χ3v) is 3.25. The van der Waals surface area contributed by atoms with Crippen molar-refractivity contribution in [2.45, 2.75) is 32.7 Å². The van der Waals surface area contributed by atoms with Crippen LogP contribution in [0.4, 0.5) is 0 Å².